The van der Waals surface area contributed by atoms with Crippen molar-refractivity contribution >= 4 is 11.9 Å². The third-order valence-electron chi connectivity index (χ3n) is 6.58. The molecule has 2 atom stereocenters. The fourth-order valence-electron chi connectivity index (χ4n) is 4.71. The lowest BCUT2D eigenvalue weighted by molar-refractivity contribution is -0.134. The maximum absolute atomic E-state index is 12.6. The average Bonchev–Trinajstić information content (AvgIpc) is 2.78. The lowest BCUT2D eigenvalue weighted by Crippen LogP contribution is -2.47. The van der Waals surface area contributed by atoms with E-state index in [1.165, 1.54) is 19.3 Å². The van der Waals surface area contributed by atoms with Crippen LogP contribution in [0.5, 0.6) is 0 Å². The number of rotatable bonds is 7. The maximum Gasteiger partial charge on any atom is 0.224 e. The lowest BCUT2D eigenvalue weighted by atomic mass is 10.0. The van der Waals surface area contributed by atoms with Crippen molar-refractivity contribution in [2.45, 2.75) is 89.9 Å². The van der Waals surface area contributed by atoms with Gasteiger partial charge in [-0.05, 0) is 65.2 Å². The van der Waals surface area contributed by atoms with Crippen LogP contribution in [0.4, 0.5) is 0 Å². The first kappa shape index (κ1) is 23.3. The third kappa shape index (κ3) is 7.12. The Morgan fingerprint density at radius 1 is 1.10 bits per heavy atom. The van der Waals surface area contributed by atoms with Gasteiger partial charge in [-0.1, -0.05) is 0 Å². The van der Waals surface area contributed by atoms with E-state index in [-0.39, 0.29) is 12.0 Å². The normalized spacial score (nSPS) is 26.7. The Balaban J connectivity index is 1.40. The predicted molar refractivity (Wildman–Crippen MR) is 120 cm³/mol. The van der Waals surface area contributed by atoms with Gasteiger partial charge in [-0.15, -0.1) is 0 Å². The molecule has 7 heteroatoms. The molecule has 1 N–H and O–H groups in total. The molecule has 0 saturated carbocycles. The standard InChI is InChI=1S/C23H42N4O3/c1-3-24-23(25-13-10-22(28)27-14-6-4-8-19(27)2)26-15-11-20(12-16-26)30-18-21-9-5-7-17-29-21/h19-21H,3-18H2,1-2H3,(H,24,25). The SMILES string of the molecule is CCNC(=NCCC(=O)N1CCCCC1C)N1CCC(OCC2CCCCO2)CC1. The van der Waals surface area contributed by atoms with Crippen molar-refractivity contribution in [3.8, 4) is 0 Å². The number of hydrogen-bond donors (Lipinski definition) is 1. The third-order valence-corrected chi connectivity index (χ3v) is 6.58. The summed E-state index contributed by atoms with van der Waals surface area (Å²) in [6, 6.07) is 0.376. The number of hydrogen-bond acceptors (Lipinski definition) is 4. The number of carbonyl (C=O) groups excluding carboxylic acids is 1. The van der Waals surface area contributed by atoms with Crippen molar-refractivity contribution in [3.63, 3.8) is 0 Å². The molecule has 3 aliphatic heterocycles. The van der Waals surface area contributed by atoms with E-state index in [0.717, 1.165) is 77.5 Å². The highest BCUT2D eigenvalue weighted by molar-refractivity contribution is 5.81. The van der Waals surface area contributed by atoms with Gasteiger partial charge in [0.1, 0.15) is 0 Å². The number of likely N-dealkylation sites (tertiary alicyclic amines) is 2. The van der Waals surface area contributed by atoms with Crippen LogP contribution in [0.25, 0.3) is 0 Å². The highest BCUT2D eigenvalue weighted by Gasteiger charge is 2.25. The molecular weight excluding hydrogens is 380 g/mol. The molecule has 2 unspecified atom stereocenters. The Morgan fingerprint density at radius 2 is 1.90 bits per heavy atom. The minimum absolute atomic E-state index is 0.249. The average molecular weight is 423 g/mol. The van der Waals surface area contributed by atoms with E-state index in [1.807, 2.05) is 4.90 Å². The van der Waals surface area contributed by atoms with Gasteiger partial charge in [-0.2, -0.15) is 0 Å². The van der Waals surface area contributed by atoms with Crippen LogP contribution in [0.3, 0.4) is 0 Å². The Hall–Kier alpha value is -1.34. The number of carbonyl (C=O) groups is 1. The molecule has 3 heterocycles. The molecule has 0 aromatic heterocycles. The van der Waals surface area contributed by atoms with Gasteiger partial charge < -0.3 is 24.6 Å². The Bertz CT molecular complexity index is 543. The molecule has 172 valence electrons. The van der Waals surface area contributed by atoms with Crippen LogP contribution < -0.4 is 5.32 Å². The predicted octanol–water partition coefficient (Wildman–Crippen LogP) is 2.79. The largest absolute Gasteiger partial charge is 0.376 e. The minimum Gasteiger partial charge on any atom is -0.376 e. The number of amides is 1. The summed E-state index contributed by atoms with van der Waals surface area (Å²) >= 11 is 0. The number of guanidine groups is 1. The number of nitrogens with one attached hydrogen (secondary N) is 1. The molecule has 0 spiro atoms. The fraction of sp³-hybridized carbons (Fsp3) is 0.913. The summed E-state index contributed by atoms with van der Waals surface area (Å²) in [5.41, 5.74) is 0. The monoisotopic (exact) mass is 422 g/mol. The summed E-state index contributed by atoms with van der Waals surface area (Å²) in [6.45, 7) is 10.1. The zero-order valence-electron chi connectivity index (χ0n) is 19.1. The van der Waals surface area contributed by atoms with Crippen molar-refractivity contribution < 1.29 is 14.3 Å². The smallest absolute Gasteiger partial charge is 0.224 e. The second-order valence-corrected chi connectivity index (χ2v) is 8.93. The van der Waals surface area contributed by atoms with Gasteiger partial charge in [0.2, 0.25) is 5.91 Å². The van der Waals surface area contributed by atoms with Crippen molar-refractivity contribution in [2.24, 2.45) is 4.99 Å². The maximum atomic E-state index is 12.6. The Labute approximate surface area is 182 Å². The van der Waals surface area contributed by atoms with Gasteiger partial charge >= 0.3 is 0 Å². The van der Waals surface area contributed by atoms with Crippen LogP contribution in [0.2, 0.25) is 0 Å². The Kier molecular flexibility index (Phi) is 9.72. The molecular formula is C23H42N4O3. The van der Waals surface area contributed by atoms with Crippen LogP contribution in [0.1, 0.15) is 71.6 Å². The first-order valence-corrected chi connectivity index (χ1v) is 12.2. The highest BCUT2D eigenvalue weighted by atomic mass is 16.5. The molecule has 0 bridgehead atoms. The van der Waals surface area contributed by atoms with Gasteiger partial charge in [-0.3, -0.25) is 9.79 Å². The van der Waals surface area contributed by atoms with Crippen LogP contribution in [0.15, 0.2) is 4.99 Å². The molecule has 0 aromatic rings. The molecule has 0 radical (unpaired) electrons. The Morgan fingerprint density at radius 3 is 2.60 bits per heavy atom. The van der Waals surface area contributed by atoms with E-state index >= 15 is 0 Å². The summed E-state index contributed by atoms with van der Waals surface area (Å²) in [6.07, 6.45) is 10.2. The van der Waals surface area contributed by atoms with Gasteiger partial charge in [0.05, 0.1) is 25.4 Å². The van der Waals surface area contributed by atoms with Gasteiger partial charge in [-0.25, -0.2) is 0 Å². The van der Waals surface area contributed by atoms with E-state index in [4.69, 9.17) is 14.5 Å². The van der Waals surface area contributed by atoms with Crippen molar-refractivity contribution in [3.05, 3.63) is 0 Å². The second-order valence-electron chi connectivity index (χ2n) is 8.93. The molecule has 3 fully saturated rings. The van der Waals surface area contributed by atoms with Crippen LogP contribution in [0, 0.1) is 0 Å². The first-order chi connectivity index (χ1) is 14.7. The number of piperidine rings is 2. The zero-order valence-corrected chi connectivity index (χ0v) is 19.1. The molecule has 3 rings (SSSR count). The van der Waals surface area contributed by atoms with E-state index in [0.29, 0.717) is 25.1 Å². The highest BCUT2D eigenvalue weighted by Crippen LogP contribution is 2.19. The van der Waals surface area contributed by atoms with Crippen LogP contribution in [-0.2, 0) is 14.3 Å². The molecule has 0 aromatic carbocycles. The van der Waals surface area contributed by atoms with Gasteiger partial charge in [0.25, 0.3) is 0 Å². The van der Waals surface area contributed by atoms with Crippen molar-refractivity contribution in [1.29, 1.82) is 0 Å². The van der Waals surface area contributed by atoms with Crippen molar-refractivity contribution in [2.75, 3.05) is 45.9 Å². The summed E-state index contributed by atoms with van der Waals surface area (Å²) in [5.74, 6) is 1.19. The van der Waals surface area contributed by atoms with E-state index < -0.39 is 0 Å². The number of ether oxygens (including phenoxy) is 2. The number of aliphatic imine (C=N–C) groups is 1. The van der Waals surface area contributed by atoms with E-state index in [1.54, 1.807) is 0 Å². The quantitative estimate of drug-likeness (QED) is 0.505. The lowest BCUT2D eigenvalue weighted by Gasteiger charge is -2.35. The fourth-order valence-corrected chi connectivity index (χ4v) is 4.71. The molecule has 7 nitrogen and oxygen atoms in total. The van der Waals surface area contributed by atoms with Crippen LogP contribution >= 0.6 is 0 Å². The van der Waals surface area contributed by atoms with Gasteiger partial charge in [0.15, 0.2) is 5.96 Å². The summed E-state index contributed by atoms with van der Waals surface area (Å²) in [5, 5.41) is 3.40. The molecule has 30 heavy (non-hydrogen) atoms. The summed E-state index contributed by atoms with van der Waals surface area (Å²) in [4.78, 5) is 21.7. The second kappa shape index (κ2) is 12.5. The first-order valence-electron chi connectivity index (χ1n) is 12.2. The van der Waals surface area contributed by atoms with Crippen molar-refractivity contribution in [1.82, 2.24) is 15.1 Å². The van der Waals surface area contributed by atoms with Gasteiger partial charge in [0, 0.05) is 45.2 Å². The molecule has 3 aliphatic rings. The van der Waals surface area contributed by atoms with Crippen LogP contribution in [-0.4, -0.2) is 85.9 Å². The number of nitrogens with zero attached hydrogens (tertiary/aromatic N) is 3. The molecule has 1 amide bonds. The zero-order chi connectivity index (χ0) is 21.2. The minimum atomic E-state index is 0.249. The topological polar surface area (TPSA) is 66.4 Å². The molecule has 3 saturated heterocycles. The molecule has 0 aliphatic carbocycles. The van der Waals surface area contributed by atoms with E-state index in [2.05, 4.69) is 24.1 Å². The summed E-state index contributed by atoms with van der Waals surface area (Å²) < 4.78 is 11.9. The summed E-state index contributed by atoms with van der Waals surface area (Å²) in [7, 11) is 0. The van der Waals surface area contributed by atoms with E-state index in [9.17, 15) is 4.79 Å².